The van der Waals surface area contributed by atoms with Gasteiger partial charge >= 0.3 is 0 Å². The lowest BCUT2D eigenvalue weighted by molar-refractivity contribution is -0.118. The number of benzene rings is 1. The zero-order valence-electron chi connectivity index (χ0n) is 18.7. The number of Topliss-reactive ketones (excluding diaryl/α,β-unsaturated/α-hetero) is 1. The van der Waals surface area contributed by atoms with Gasteiger partial charge in [-0.1, -0.05) is 26.0 Å². The molecule has 1 aliphatic carbocycles. The molecule has 1 atom stereocenters. The number of nitriles is 1. The van der Waals surface area contributed by atoms with E-state index in [1.165, 1.54) is 0 Å². The Morgan fingerprint density at radius 1 is 1.22 bits per heavy atom. The Bertz CT molecular complexity index is 1230. The van der Waals surface area contributed by atoms with E-state index in [1.54, 1.807) is 30.5 Å². The minimum atomic E-state index is -0.548. The van der Waals surface area contributed by atoms with Gasteiger partial charge in [0, 0.05) is 41.1 Å². The van der Waals surface area contributed by atoms with Gasteiger partial charge in [-0.3, -0.25) is 9.59 Å². The van der Waals surface area contributed by atoms with Crippen molar-refractivity contribution in [3.8, 4) is 6.07 Å². The highest BCUT2D eigenvalue weighted by Gasteiger charge is 2.42. The second-order valence-electron chi connectivity index (χ2n) is 9.34. The number of aromatic nitrogens is 1. The number of anilines is 1. The number of hydrogen-bond donors (Lipinski definition) is 2. The zero-order valence-corrected chi connectivity index (χ0v) is 18.7. The zero-order chi connectivity index (χ0) is 23.0. The van der Waals surface area contributed by atoms with Crippen LogP contribution in [0.3, 0.4) is 0 Å². The molecule has 0 spiro atoms. The Hall–Kier alpha value is -3.72. The predicted molar refractivity (Wildman–Crippen MR) is 122 cm³/mol. The third kappa shape index (κ3) is 4.06. The lowest BCUT2D eigenvalue weighted by atomic mass is 9.68. The minimum absolute atomic E-state index is 0.0302. The van der Waals surface area contributed by atoms with Crippen LogP contribution in [-0.2, 0) is 9.59 Å². The number of nitrogens with zero attached hydrogens (tertiary/aromatic N) is 2. The molecule has 1 amide bonds. The maximum absolute atomic E-state index is 13.5. The highest BCUT2D eigenvalue weighted by Crippen LogP contribution is 2.46. The molecule has 1 aromatic carbocycles. The first-order valence-corrected chi connectivity index (χ1v) is 10.7. The van der Waals surface area contributed by atoms with E-state index in [1.807, 2.05) is 26.0 Å². The van der Waals surface area contributed by atoms with Crippen LogP contribution in [0.1, 0.15) is 56.2 Å². The van der Waals surface area contributed by atoms with Crippen LogP contribution in [0.5, 0.6) is 0 Å². The molecule has 0 bridgehead atoms. The van der Waals surface area contributed by atoms with Gasteiger partial charge < -0.3 is 10.6 Å². The molecule has 1 aliphatic heterocycles. The monoisotopic (exact) mass is 426 g/mol. The third-order valence-electron chi connectivity index (χ3n) is 5.99. The van der Waals surface area contributed by atoms with Crippen molar-refractivity contribution in [3.05, 3.63) is 81.8 Å². The van der Waals surface area contributed by atoms with Crippen LogP contribution in [0.25, 0.3) is 0 Å². The number of aryl methyl sites for hydroxylation is 1. The molecule has 2 aromatic rings. The number of dihydropyridines is 1. The Balaban J connectivity index is 1.83. The third-order valence-corrected chi connectivity index (χ3v) is 5.99. The fraction of sp³-hybridized carbons (Fsp3) is 0.308. The van der Waals surface area contributed by atoms with Gasteiger partial charge in [0.05, 0.1) is 11.6 Å². The van der Waals surface area contributed by atoms with Gasteiger partial charge in [-0.2, -0.15) is 5.26 Å². The molecule has 32 heavy (non-hydrogen) atoms. The summed E-state index contributed by atoms with van der Waals surface area (Å²) < 4.78 is 0. The summed E-state index contributed by atoms with van der Waals surface area (Å²) in [5.41, 5.74) is 4.72. The van der Waals surface area contributed by atoms with E-state index in [4.69, 9.17) is 0 Å². The van der Waals surface area contributed by atoms with E-state index < -0.39 is 5.92 Å². The number of pyridine rings is 1. The second-order valence-corrected chi connectivity index (χ2v) is 9.34. The summed E-state index contributed by atoms with van der Waals surface area (Å²) in [4.78, 5) is 31.1. The van der Waals surface area contributed by atoms with Gasteiger partial charge in [0.15, 0.2) is 5.78 Å². The molecule has 1 aromatic heterocycles. The molecule has 1 unspecified atom stereocenters. The maximum Gasteiger partial charge on any atom is 0.255 e. The quantitative estimate of drug-likeness (QED) is 0.753. The van der Waals surface area contributed by atoms with Crippen LogP contribution >= 0.6 is 0 Å². The average molecular weight is 427 g/mol. The van der Waals surface area contributed by atoms with Gasteiger partial charge in [0.1, 0.15) is 5.82 Å². The highest BCUT2D eigenvalue weighted by atomic mass is 16.2. The van der Waals surface area contributed by atoms with Crippen molar-refractivity contribution in [1.82, 2.24) is 10.3 Å². The second kappa shape index (κ2) is 8.08. The molecule has 2 aliphatic rings. The van der Waals surface area contributed by atoms with Crippen LogP contribution in [0.15, 0.2) is 65.1 Å². The van der Waals surface area contributed by atoms with Gasteiger partial charge in [0.25, 0.3) is 5.91 Å². The smallest absolute Gasteiger partial charge is 0.255 e. The van der Waals surface area contributed by atoms with Crippen molar-refractivity contribution < 1.29 is 9.59 Å². The van der Waals surface area contributed by atoms with Gasteiger partial charge in [0.2, 0.25) is 0 Å². The van der Waals surface area contributed by atoms with Crippen LogP contribution < -0.4 is 10.6 Å². The van der Waals surface area contributed by atoms with Crippen LogP contribution in [0.2, 0.25) is 0 Å². The summed E-state index contributed by atoms with van der Waals surface area (Å²) in [5.74, 6) is -0.379. The summed E-state index contributed by atoms with van der Waals surface area (Å²) in [6, 6.07) is 13.0. The molecule has 2 heterocycles. The number of allylic oxidation sites excluding steroid dienone is 3. The van der Waals surface area contributed by atoms with E-state index in [0.717, 1.165) is 16.8 Å². The van der Waals surface area contributed by atoms with Crippen LogP contribution in [0, 0.1) is 23.7 Å². The standard InChI is InChI=1S/C26H26N4O2/c1-15-8-9-28-21(10-15)30-25(32)22-16(2)29-19-12-26(3,4)13-20(31)24(19)23(22)18-7-5-6-17(11-18)14-27/h5-11,23,29H,12-13H2,1-4H3,(H,28,30,32). The molecular formula is C26H26N4O2. The summed E-state index contributed by atoms with van der Waals surface area (Å²) >= 11 is 0. The molecule has 162 valence electrons. The molecule has 4 rings (SSSR count). The molecule has 6 nitrogen and oxygen atoms in total. The molecule has 2 N–H and O–H groups in total. The molecule has 0 saturated heterocycles. The summed E-state index contributed by atoms with van der Waals surface area (Å²) in [6.45, 7) is 7.94. The number of carbonyl (C=O) groups excluding carboxylic acids is 2. The van der Waals surface area contributed by atoms with Crippen molar-refractivity contribution in [1.29, 1.82) is 5.26 Å². The van der Waals surface area contributed by atoms with Crippen molar-refractivity contribution in [2.75, 3.05) is 5.32 Å². The molecule has 0 fully saturated rings. The fourth-order valence-corrected chi connectivity index (χ4v) is 4.65. The summed E-state index contributed by atoms with van der Waals surface area (Å²) in [6.07, 6.45) is 2.77. The first-order valence-electron chi connectivity index (χ1n) is 10.7. The Labute approximate surface area is 188 Å². The van der Waals surface area contributed by atoms with Crippen LogP contribution in [-0.4, -0.2) is 16.7 Å². The number of nitrogens with one attached hydrogen (secondary N) is 2. The first-order chi connectivity index (χ1) is 15.2. The predicted octanol–water partition coefficient (Wildman–Crippen LogP) is 4.50. The topological polar surface area (TPSA) is 94.9 Å². The number of rotatable bonds is 3. The van der Waals surface area contributed by atoms with Gasteiger partial charge in [-0.15, -0.1) is 0 Å². The molecule has 6 heteroatoms. The molecule has 0 radical (unpaired) electrons. The summed E-state index contributed by atoms with van der Waals surface area (Å²) in [7, 11) is 0. The van der Waals surface area contributed by atoms with E-state index in [-0.39, 0.29) is 17.1 Å². The lowest BCUT2D eigenvalue weighted by Gasteiger charge is -2.39. The van der Waals surface area contributed by atoms with Crippen molar-refractivity contribution in [2.24, 2.45) is 5.41 Å². The summed E-state index contributed by atoms with van der Waals surface area (Å²) in [5, 5.41) is 15.7. The SMILES string of the molecule is CC1=C(C(=O)Nc2cc(C)ccn2)C(c2cccc(C#N)c2)C2=C(CC(C)(C)CC2=O)N1. The van der Waals surface area contributed by atoms with Gasteiger partial charge in [-0.05, 0) is 61.1 Å². The maximum atomic E-state index is 13.5. The van der Waals surface area contributed by atoms with Crippen molar-refractivity contribution in [3.63, 3.8) is 0 Å². The average Bonchev–Trinajstić information content (AvgIpc) is 2.71. The van der Waals surface area contributed by atoms with E-state index in [0.29, 0.717) is 41.1 Å². The number of hydrogen-bond acceptors (Lipinski definition) is 5. The minimum Gasteiger partial charge on any atom is -0.362 e. The Morgan fingerprint density at radius 2 is 2.00 bits per heavy atom. The van der Waals surface area contributed by atoms with E-state index >= 15 is 0 Å². The van der Waals surface area contributed by atoms with E-state index in [9.17, 15) is 14.9 Å². The van der Waals surface area contributed by atoms with Gasteiger partial charge in [-0.25, -0.2) is 4.98 Å². The van der Waals surface area contributed by atoms with Crippen molar-refractivity contribution >= 4 is 17.5 Å². The molecule has 0 saturated carbocycles. The normalized spacial score (nSPS) is 19.7. The number of amides is 1. The van der Waals surface area contributed by atoms with Crippen LogP contribution in [0.4, 0.5) is 5.82 Å². The number of ketones is 1. The number of carbonyl (C=O) groups is 2. The fourth-order valence-electron chi connectivity index (χ4n) is 4.65. The largest absolute Gasteiger partial charge is 0.362 e. The highest BCUT2D eigenvalue weighted by molar-refractivity contribution is 6.09. The lowest BCUT2D eigenvalue weighted by Crippen LogP contribution is -2.39. The van der Waals surface area contributed by atoms with E-state index in [2.05, 4.69) is 35.5 Å². The molecular weight excluding hydrogens is 400 g/mol. The Morgan fingerprint density at radius 3 is 2.72 bits per heavy atom. The van der Waals surface area contributed by atoms with Crippen molar-refractivity contribution in [2.45, 2.75) is 46.5 Å². The Kier molecular flexibility index (Phi) is 5.43. The first kappa shape index (κ1) is 21.5.